The number of carbonyl (C=O) groups is 1. The molecule has 0 fully saturated rings. The maximum atomic E-state index is 13.3. The number of thioether (sulfide) groups is 1. The van der Waals surface area contributed by atoms with Crippen LogP contribution in [0.1, 0.15) is 0 Å². The third-order valence-corrected chi connectivity index (χ3v) is 6.02. The molecule has 0 saturated carbocycles. The highest BCUT2D eigenvalue weighted by atomic mass is 32.2. The fourth-order valence-corrected chi connectivity index (χ4v) is 4.35. The van der Waals surface area contributed by atoms with Crippen molar-refractivity contribution >= 4 is 40.0 Å². The number of rotatable bonds is 6. The number of para-hydroxylation sites is 2. The van der Waals surface area contributed by atoms with Crippen molar-refractivity contribution in [2.24, 2.45) is 0 Å². The number of hydrogen-bond donors (Lipinski definition) is 1. The van der Waals surface area contributed by atoms with Gasteiger partial charge in [-0.15, -0.1) is 10.2 Å². The standard InChI is InChI=1S/C24H19N5O3S/c1-32-18-11-7-8-16(14-18)25-21(30)15-33-24-27-26-23-28(17-9-3-2-4-10-17)22(31)19-12-5-6-13-20(19)29(23)24/h2-14H,15H2,1H3,(H,25,30). The molecule has 0 aliphatic carbocycles. The van der Waals surface area contributed by atoms with Crippen molar-refractivity contribution in [3.63, 3.8) is 0 Å². The van der Waals surface area contributed by atoms with Gasteiger partial charge in [-0.25, -0.2) is 4.57 Å². The molecule has 3 aromatic carbocycles. The van der Waals surface area contributed by atoms with E-state index in [4.69, 9.17) is 4.74 Å². The minimum absolute atomic E-state index is 0.122. The first-order chi connectivity index (χ1) is 16.2. The molecule has 0 bridgehead atoms. The van der Waals surface area contributed by atoms with Gasteiger partial charge in [0.15, 0.2) is 5.16 Å². The third kappa shape index (κ3) is 3.94. The van der Waals surface area contributed by atoms with Crippen LogP contribution in [0.2, 0.25) is 0 Å². The van der Waals surface area contributed by atoms with Crippen molar-refractivity contribution < 1.29 is 9.53 Å². The third-order valence-electron chi connectivity index (χ3n) is 5.09. The molecule has 164 valence electrons. The van der Waals surface area contributed by atoms with Crippen molar-refractivity contribution in [3.05, 3.63) is 89.2 Å². The zero-order valence-corrected chi connectivity index (χ0v) is 18.5. The molecule has 0 aliphatic rings. The van der Waals surface area contributed by atoms with Crippen LogP contribution in [0.15, 0.2) is 88.8 Å². The predicted octanol–water partition coefficient (Wildman–Crippen LogP) is 3.77. The first-order valence-electron chi connectivity index (χ1n) is 10.2. The fraction of sp³-hybridized carbons (Fsp3) is 0.0833. The normalized spacial score (nSPS) is 11.1. The Morgan fingerprint density at radius 2 is 1.79 bits per heavy atom. The van der Waals surface area contributed by atoms with Crippen molar-refractivity contribution in [1.82, 2.24) is 19.2 Å². The maximum Gasteiger partial charge on any atom is 0.267 e. The van der Waals surface area contributed by atoms with Crippen LogP contribution in [0.25, 0.3) is 22.4 Å². The molecule has 1 N–H and O–H groups in total. The van der Waals surface area contributed by atoms with Crippen molar-refractivity contribution in [2.45, 2.75) is 5.16 Å². The van der Waals surface area contributed by atoms with Gasteiger partial charge in [0.05, 0.1) is 29.5 Å². The minimum atomic E-state index is -0.189. The largest absolute Gasteiger partial charge is 0.497 e. The molecule has 0 unspecified atom stereocenters. The van der Waals surface area contributed by atoms with E-state index >= 15 is 0 Å². The Balaban J connectivity index is 1.51. The second kappa shape index (κ2) is 8.79. The first kappa shape index (κ1) is 20.8. The molecule has 8 nitrogen and oxygen atoms in total. The summed E-state index contributed by atoms with van der Waals surface area (Å²) in [5.74, 6) is 0.983. The van der Waals surface area contributed by atoms with Gasteiger partial charge in [0, 0.05) is 11.8 Å². The molecule has 1 amide bonds. The van der Waals surface area contributed by atoms with E-state index in [1.54, 1.807) is 25.3 Å². The van der Waals surface area contributed by atoms with E-state index in [9.17, 15) is 9.59 Å². The Bertz CT molecular complexity index is 1530. The second-order valence-electron chi connectivity index (χ2n) is 7.18. The van der Waals surface area contributed by atoms with Gasteiger partial charge in [-0.1, -0.05) is 48.2 Å². The molecule has 0 radical (unpaired) electrons. The summed E-state index contributed by atoms with van der Waals surface area (Å²) in [6, 6.07) is 23.8. The number of fused-ring (bicyclic) bond motifs is 3. The summed E-state index contributed by atoms with van der Waals surface area (Å²) in [6.07, 6.45) is 0. The van der Waals surface area contributed by atoms with Crippen LogP contribution in [-0.4, -0.2) is 37.9 Å². The van der Waals surface area contributed by atoms with E-state index in [-0.39, 0.29) is 17.2 Å². The lowest BCUT2D eigenvalue weighted by Gasteiger charge is -2.11. The van der Waals surface area contributed by atoms with E-state index in [1.807, 2.05) is 65.1 Å². The molecule has 0 aliphatic heterocycles. The Hall–Kier alpha value is -4.11. The van der Waals surface area contributed by atoms with Crippen molar-refractivity contribution in [3.8, 4) is 11.4 Å². The average molecular weight is 458 g/mol. The van der Waals surface area contributed by atoms with Crippen LogP contribution < -0.4 is 15.6 Å². The topological polar surface area (TPSA) is 90.5 Å². The average Bonchev–Trinajstić information content (AvgIpc) is 3.27. The number of aromatic nitrogens is 4. The summed E-state index contributed by atoms with van der Waals surface area (Å²) in [5.41, 5.74) is 1.85. The van der Waals surface area contributed by atoms with Crippen LogP contribution in [0.5, 0.6) is 5.75 Å². The number of benzene rings is 3. The smallest absolute Gasteiger partial charge is 0.267 e. The second-order valence-corrected chi connectivity index (χ2v) is 8.12. The Kier molecular flexibility index (Phi) is 5.54. The van der Waals surface area contributed by atoms with E-state index < -0.39 is 0 Å². The monoisotopic (exact) mass is 457 g/mol. The number of carbonyl (C=O) groups excluding carboxylic acids is 1. The Morgan fingerprint density at radius 3 is 2.61 bits per heavy atom. The molecular weight excluding hydrogens is 438 g/mol. The fourth-order valence-electron chi connectivity index (χ4n) is 3.61. The van der Waals surface area contributed by atoms with Crippen LogP contribution in [0.3, 0.4) is 0 Å². The van der Waals surface area contributed by atoms with Crippen molar-refractivity contribution in [2.75, 3.05) is 18.2 Å². The highest BCUT2D eigenvalue weighted by Crippen LogP contribution is 2.24. The number of nitrogens with zero attached hydrogens (tertiary/aromatic N) is 4. The molecule has 33 heavy (non-hydrogen) atoms. The van der Waals surface area contributed by atoms with E-state index in [2.05, 4.69) is 15.5 Å². The summed E-state index contributed by atoms with van der Waals surface area (Å²) in [7, 11) is 1.58. The summed E-state index contributed by atoms with van der Waals surface area (Å²) >= 11 is 1.25. The minimum Gasteiger partial charge on any atom is -0.497 e. The van der Waals surface area contributed by atoms with E-state index in [0.29, 0.717) is 39.0 Å². The summed E-state index contributed by atoms with van der Waals surface area (Å²) in [4.78, 5) is 25.8. The number of nitrogens with one attached hydrogen (secondary N) is 1. The maximum absolute atomic E-state index is 13.3. The van der Waals surface area contributed by atoms with Crippen LogP contribution in [0, 0.1) is 0 Å². The van der Waals surface area contributed by atoms with Gasteiger partial charge in [0.1, 0.15) is 5.75 Å². The van der Waals surface area contributed by atoms with Crippen LogP contribution >= 0.6 is 11.8 Å². The Morgan fingerprint density at radius 1 is 1.00 bits per heavy atom. The van der Waals surface area contributed by atoms with E-state index in [1.165, 1.54) is 16.3 Å². The lowest BCUT2D eigenvalue weighted by Crippen LogP contribution is -2.21. The lowest BCUT2D eigenvalue weighted by molar-refractivity contribution is -0.113. The van der Waals surface area contributed by atoms with Gasteiger partial charge < -0.3 is 10.1 Å². The molecule has 5 aromatic rings. The zero-order chi connectivity index (χ0) is 22.8. The SMILES string of the molecule is COc1cccc(NC(=O)CSc2nnc3n(-c4ccccc4)c(=O)c4ccccc4n23)c1. The van der Waals surface area contributed by atoms with Gasteiger partial charge in [0.25, 0.3) is 5.56 Å². The number of amides is 1. The number of hydrogen-bond acceptors (Lipinski definition) is 6. The number of ether oxygens (including phenoxy) is 1. The van der Waals surface area contributed by atoms with E-state index in [0.717, 1.165) is 0 Å². The molecule has 9 heteroatoms. The first-order valence-corrected chi connectivity index (χ1v) is 11.2. The van der Waals surface area contributed by atoms with Gasteiger partial charge in [0.2, 0.25) is 11.7 Å². The number of methoxy groups -OCH3 is 1. The lowest BCUT2D eigenvalue weighted by atomic mass is 10.2. The van der Waals surface area contributed by atoms with Gasteiger partial charge in [-0.3, -0.25) is 14.0 Å². The zero-order valence-electron chi connectivity index (χ0n) is 17.6. The van der Waals surface area contributed by atoms with Crippen molar-refractivity contribution in [1.29, 1.82) is 0 Å². The van der Waals surface area contributed by atoms with Gasteiger partial charge in [-0.05, 0) is 36.4 Å². The molecule has 5 rings (SSSR count). The van der Waals surface area contributed by atoms with Crippen LogP contribution in [0.4, 0.5) is 5.69 Å². The summed E-state index contributed by atoms with van der Waals surface area (Å²) < 4.78 is 8.55. The molecule has 2 aromatic heterocycles. The molecular formula is C24H19N5O3S. The quantitative estimate of drug-likeness (QED) is 0.391. The number of anilines is 1. The highest BCUT2D eigenvalue weighted by Gasteiger charge is 2.18. The Labute approximate surface area is 192 Å². The molecule has 0 saturated heterocycles. The summed E-state index contributed by atoms with van der Waals surface area (Å²) in [5, 5.41) is 12.5. The van der Waals surface area contributed by atoms with Gasteiger partial charge in [-0.2, -0.15) is 0 Å². The van der Waals surface area contributed by atoms with Crippen LogP contribution in [-0.2, 0) is 4.79 Å². The molecule has 0 atom stereocenters. The molecule has 0 spiro atoms. The molecule has 2 heterocycles. The summed E-state index contributed by atoms with van der Waals surface area (Å²) in [6.45, 7) is 0. The highest BCUT2D eigenvalue weighted by molar-refractivity contribution is 7.99. The predicted molar refractivity (Wildman–Crippen MR) is 128 cm³/mol. The van der Waals surface area contributed by atoms with Gasteiger partial charge >= 0.3 is 0 Å².